The van der Waals surface area contributed by atoms with Crippen molar-refractivity contribution in [3.8, 4) is 22.6 Å². The molecule has 0 radical (unpaired) electrons. The molecule has 28 heavy (non-hydrogen) atoms. The fraction of sp³-hybridized carbons (Fsp3) is 0.238. The van der Waals surface area contributed by atoms with Crippen molar-refractivity contribution in [3.05, 3.63) is 71.7 Å². The molecule has 3 aromatic heterocycles. The molecular weight excluding hydrogens is 355 g/mol. The number of rotatable bonds is 4. The highest BCUT2D eigenvalue weighted by Gasteiger charge is 2.26. The molecule has 0 aliphatic heterocycles. The summed E-state index contributed by atoms with van der Waals surface area (Å²) in [6.45, 7) is 2.64. The van der Waals surface area contributed by atoms with Crippen molar-refractivity contribution < 1.29 is 4.39 Å². The molecule has 1 aliphatic carbocycles. The maximum atomic E-state index is 14.3. The maximum absolute atomic E-state index is 14.3. The molecule has 1 N–H and O–H groups in total. The number of hydrogen-bond acceptors (Lipinski definition) is 4. The molecule has 7 heteroatoms. The summed E-state index contributed by atoms with van der Waals surface area (Å²) in [5.41, 5.74) is 6.21. The highest BCUT2D eigenvalue weighted by molar-refractivity contribution is 5.67. The Bertz CT molecular complexity index is 1150. The molecule has 140 valence electrons. The average Bonchev–Trinajstić information content (AvgIpc) is 3.43. The first-order valence-corrected chi connectivity index (χ1v) is 9.32. The van der Waals surface area contributed by atoms with Crippen LogP contribution in [0.3, 0.4) is 0 Å². The number of aromatic nitrogens is 6. The van der Waals surface area contributed by atoms with E-state index in [1.807, 2.05) is 35.9 Å². The van der Waals surface area contributed by atoms with E-state index in [1.54, 1.807) is 24.7 Å². The third kappa shape index (κ3) is 2.89. The number of fused-ring (bicyclic) bond motifs is 1. The summed E-state index contributed by atoms with van der Waals surface area (Å²) in [5.74, 6) is 0.0769. The van der Waals surface area contributed by atoms with Gasteiger partial charge in [-0.1, -0.05) is 17.3 Å². The van der Waals surface area contributed by atoms with Crippen LogP contribution >= 0.6 is 0 Å². The predicted molar refractivity (Wildman–Crippen MR) is 103 cm³/mol. The van der Waals surface area contributed by atoms with Crippen LogP contribution in [0.1, 0.15) is 29.2 Å². The molecule has 4 aromatic rings. The van der Waals surface area contributed by atoms with E-state index in [0.717, 1.165) is 52.3 Å². The Labute approximate surface area is 161 Å². The van der Waals surface area contributed by atoms with Gasteiger partial charge in [0.15, 0.2) is 0 Å². The molecule has 0 amide bonds. The Hall–Kier alpha value is -3.35. The molecule has 3 heterocycles. The lowest BCUT2D eigenvalue weighted by Crippen LogP contribution is -2.06. The lowest BCUT2D eigenvalue weighted by Gasteiger charge is -2.12. The zero-order chi connectivity index (χ0) is 19.1. The molecule has 0 fully saturated rings. The van der Waals surface area contributed by atoms with E-state index in [4.69, 9.17) is 0 Å². The number of imidazole rings is 1. The van der Waals surface area contributed by atoms with E-state index >= 15 is 0 Å². The molecule has 1 aliphatic rings. The smallest absolute Gasteiger partial charge is 0.127 e. The SMILES string of the molecule is Cc1[nH]nnc1-c1ccnc(-c2cn(C[C@H]3CCc4cccc(F)c43)cn2)c1. The van der Waals surface area contributed by atoms with Gasteiger partial charge in [-0.15, -0.1) is 5.10 Å². The van der Waals surface area contributed by atoms with Gasteiger partial charge in [-0.3, -0.25) is 10.1 Å². The van der Waals surface area contributed by atoms with Crippen molar-refractivity contribution in [1.82, 2.24) is 29.9 Å². The number of benzene rings is 1. The van der Waals surface area contributed by atoms with Crippen molar-refractivity contribution in [3.63, 3.8) is 0 Å². The van der Waals surface area contributed by atoms with E-state index < -0.39 is 0 Å². The van der Waals surface area contributed by atoms with Crippen LogP contribution in [-0.2, 0) is 13.0 Å². The van der Waals surface area contributed by atoms with Crippen LogP contribution in [-0.4, -0.2) is 29.9 Å². The minimum atomic E-state index is -0.0994. The van der Waals surface area contributed by atoms with Crippen LogP contribution in [0, 0.1) is 12.7 Å². The number of H-pyrrole nitrogens is 1. The Morgan fingerprint density at radius 1 is 1.21 bits per heavy atom. The van der Waals surface area contributed by atoms with Crippen molar-refractivity contribution in [1.29, 1.82) is 0 Å². The van der Waals surface area contributed by atoms with E-state index in [9.17, 15) is 4.39 Å². The van der Waals surface area contributed by atoms with Gasteiger partial charge in [-0.2, -0.15) is 0 Å². The highest BCUT2D eigenvalue weighted by Crippen LogP contribution is 2.36. The summed E-state index contributed by atoms with van der Waals surface area (Å²) >= 11 is 0. The molecule has 0 saturated heterocycles. The van der Waals surface area contributed by atoms with Crippen LogP contribution in [0.15, 0.2) is 49.1 Å². The molecule has 1 aromatic carbocycles. The zero-order valence-corrected chi connectivity index (χ0v) is 15.4. The molecular formula is C21H19FN6. The monoisotopic (exact) mass is 374 g/mol. The van der Waals surface area contributed by atoms with Crippen LogP contribution in [0.4, 0.5) is 4.39 Å². The first kappa shape index (κ1) is 16.8. The van der Waals surface area contributed by atoms with E-state index in [2.05, 4.69) is 25.4 Å². The number of aryl methyl sites for hydroxylation is 2. The van der Waals surface area contributed by atoms with Gasteiger partial charge in [0.1, 0.15) is 17.2 Å². The minimum absolute atomic E-state index is 0.0994. The van der Waals surface area contributed by atoms with Crippen molar-refractivity contribution in [2.24, 2.45) is 0 Å². The largest absolute Gasteiger partial charge is 0.336 e. The van der Waals surface area contributed by atoms with Gasteiger partial charge in [-0.25, -0.2) is 9.37 Å². The number of pyridine rings is 1. The molecule has 1 atom stereocenters. The second-order valence-electron chi connectivity index (χ2n) is 7.22. The van der Waals surface area contributed by atoms with Crippen molar-refractivity contribution in [2.75, 3.05) is 0 Å². The zero-order valence-electron chi connectivity index (χ0n) is 15.4. The summed E-state index contributed by atoms with van der Waals surface area (Å²) in [4.78, 5) is 8.96. The standard InChI is InChI=1S/C21H19FN6/c1-13-21(26-27-25-13)15-7-8-23-18(9-15)19-11-28(12-24-19)10-16-6-5-14-3-2-4-17(22)20(14)16/h2-4,7-9,11-12,16H,5-6,10H2,1H3,(H,25,26,27)/t16-/m1/s1. The Morgan fingerprint density at radius 3 is 3.00 bits per heavy atom. The molecule has 0 unspecified atom stereocenters. The summed E-state index contributed by atoms with van der Waals surface area (Å²) in [6, 6.07) is 9.24. The molecule has 0 spiro atoms. The number of nitrogens with zero attached hydrogens (tertiary/aromatic N) is 5. The fourth-order valence-corrected chi connectivity index (χ4v) is 4.03. The molecule has 5 rings (SSSR count). The lowest BCUT2D eigenvalue weighted by molar-refractivity contribution is 0.524. The number of aromatic amines is 1. The average molecular weight is 374 g/mol. The summed E-state index contributed by atoms with van der Waals surface area (Å²) in [6.07, 6.45) is 7.41. The maximum Gasteiger partial charge on any atom is 0.127 e. The predicted octanol–water partition coefficient (Wildman–Crippen LogP) is 3.91. The van der Waals surface area contributed by atoms with Gasteiger partial charge >= 0.3 is 0 Å². The van der Waals surface area contributed by atoms with Crippen LogP contribution in [0.5, 0.6) is 0 Å². The van der Waals surface area contributed by atoms with Gasteiger partial charge < -0.3 is 4.57 Å². The van der Waals surface area contributed by atoms with Crippen molar-refractivity contribution >= 4 is 0 Å². The topological polar surface area (TPSA) is 72.3 Å². The number of hydrogen-bond donors (Lipinski definition) is 1. The minimum Gasteiger partial charge on any atom is -0.336 e. The van der Waals surface area contributed by atoms with Crippen LogP contribution < -0.4 is 0 Å². The molecule has 0 bridgehead atoms. The lowest BCUT2D eigenvalue weighted by atomic mass is 10.0. The van der Waals surface area contributed by atoms with Gasteiger partial charge in [0, 0.05) is 30.4 Å². The van der Waals surface area contributed by atoms with E-state index in [-0.39, 0.29) is 11.7 Å². The number of nitrogens with one attached hydrogen (secondary N) is 1. The van der Waals surface area contributed by atoms with Crippen LogP contribution in [0.25, 0.3) is 22.6 Å². The fourth-order valence-electron chi connectivity index (χ4n) is 4.03. The van der Waals surface area contributed by atoms with Gasteiger partial charge in [0.25, 0.3) is 0 Å². The molecule has 6 nitrogen and oxygen atoms in total. The quantitative estimate of drug-likeness (QED) is 0.588. The van der Waals surface area contributed by atoms with E-state index in [0.29, 0.717) is 6.54 Å². The molecule has 0 saturated carbocycles. The Morgan fingerprint density at radius 2 is 2.14 bits per heavy atom. The second-order valence-corrected chi connectivity index (χ2v) is 7.22. The number of halogens is 1. The third-order valence-corrected chi connectivity index (χ3v) is 5.40. The first-order valence-electron chi connectivity index (χ1n) is 9.32. The van der Waals surface area contributed by atoms with Gasteiger partial charge in [0.2, 0.25) is 0 Å². The van der Waals surface area contributed by atoms with Crippen LogP contribution in [0.2, 0.25) is 0 Å². The highest BCUT2D eigenvalue weighted by atomic mass is 19.1. The summed E-state index contributed by atoms with van der Waals surface area (Å²) in [5, 5.41) is 10.8. The summed E-state index contributed by atoms with van der Waals surface area (Å²) in [7, 11) is 0. The Kier molecular flexibility index (Phi) is 4.00. The first-order chi connectivity index (χ1) is 13.7. The summed E-state index contributed by atoms with van der Waals surface area (Å²) < 4.78 is 16.3. The van der Waals surface area contributed by atoms with E-state index in [1.165, 1.54) is 0 Å². The van der Waals surface area contributed by atoms with Crippen molar-refractivity contribution in [2.45, 2.75) is 32.2 Å². The normalized spacial score (nSPS) is 15.7. The Balaban J connectivity index is 1.40. The second kappa shape index (κ2) is 6.67. The van der Waals surface area contributed by atoms with Gasteiger partial charge in [-0.05, 0) is 49.1 Å². The third-order valence-electron chi connectivity index (χ3n) is 5.40. The van der Waals surface area contributed by atoms with Gasteiger partial charge in [0.05, 0.1) is 17.7 Å².